The number of nitrogens with zero attached hydrogens (tertiary/aromatic N) is 2. The summed E-state index contributed by atoms with van der Waals surface area (Å²) < 4.78 is 15.7. The second-order valence-electron chi connectivity index (χ2n) is 6.43. The van der Waals surface area contributed by atoms with Gasteiger partial charge in [-0.2, -0.15) is 0 Å². The van der Waals surface area contributed by atoms with Gasteiger partial charge in [-0.1, -0.05) is 0 Å². The number of ether oxygens (including phenoxy) is 3. The van der Waals surface area contributed by atoms with Crippen molar-refractivity contribution < 1.29 is 23.8 Å². The average molecular weight is 441 g/mol. The van der Waals surface area contributed by atoms with Crippen LogP contribution < -0.4 is 9.47 Å². The van der Waals surface area contributed by atoms with E-state index in [-0.39, 0.29) is 11.9 Å². The molecule has 0 N–H and O–H groups in total. The highest BCUT2D eigenvalue weighted by Gasteiger charge is 2.32. The Morgan fingerprint density at radius 2 is 1.84 bits per heavy atom. The molecule has 1 aliphatic heterocycles. The monoisotopic (exact) mass is 440 g/mol. The molecule has 0 unspecified atom stereocenters. The second-order valence-corrected chi connectivity index (χ2v) is 7.44. The highest BCUT2D eigenvalue weighted by molar-refractivity contribution is 8.18. The molecular formula is C23H24N2O5S. The number of aliphatic imine (C=N–C) groups is 1. The van der Waals surface area contributed by atoms with Crippen molar-refractivity contribution in [2.45, 2.75) is 13.8 Å². The van der Waals surface area contributed by atoms with Crippen molar-refractivity contribution in [3.8, 4) is 11.5 Å². The first kappa shape index (κ1) is 22.4. The first-order valence-electron chi connectivity index (χ1n) is 9.80. The molecule has 2 aromatic carbocycles. The van der Waals surface area contributed by atoms with Crippen molar-refractivity contribution in [2.24, 2.45) is 4.99 Å². The lowest BCUT2D eigenvalue weighted by Crippen LogP contribution is -2.28. The molecule has 1 heterocycles. The fourth-order valence-corrected chi connectivity index (χ4v) is 4.01. The van der Waals surface area contributed by atoms with E-state index in [1.165, 1.54) is 11.8 Å². The van der Waals surface area contributed by atoms with E-state index in [2.05, 4.69) is 4.99 Å². The third kappa shape index (κ3) is 5.08. The number of carbonyl (C=O) groups excluding carboxylic acids is 2. The summed E-state index contributed by atoms with van der Waals surface area (Å²) in [7, 11) is 3.17. The molecule has 0 radical (unpaired) electrons. The minimum absolute atomic E-state index is 0.126. The Hall–Kier alpha value is -3.26. The molecule has 0 aromatic heterocycles. The van der Waals surface area contributed by atoms with Gasteiger partial charge in [-0.25, -0.2) is 9.79 Å². The van der Waals surface area contributed by atoms with Crippen LogP contribution in [0.25, 0.3) is 6.08 Å². The van der Waals surface area contributed by atoms with Gasteiger partial charge in [0.1, 0.15) is 11.5 Å². The Labute approximate surface area is 185 Å². The topological polar surface area (TPSA) is 77.4 Å². The molecule has 3 rings (SSSR count). The predicted octanol–water partition coefficient (Wildman–Crippen LogP) is 4.50. The minimum Gasteiger partial charge on any atom is -0.497 e. The maximum Gasteiger partial charge on any atom is 0.338 e. The summed E-state index contributed by atoms with van der Waals surface area (Å²) in [6.45, 7) is 4.46. The fraction of sp³-hybridized carbons (Fsp3) is 0.261. The maximum atomic E-state index is 12.9. The highest BCUT2D eigenvalue weighted by Crippen LogP contribution is 2.36. The summed E-state index contributed by atoms with van der Waals surface area (Å²) in [5.74, 6) is 0.815. The molecule has 8 heteroatoms. The van der Waals surface area contributed by atoms with Gasteiger partial charge in [0.2, 0.25) is 0 Å². The van der Waals surface area contributed by atoms with Crippen LogP contribution in [0.3, 0.4) is 0 Å². The molecule has 1 amide bonds. The van der Waals surface area contributed by atoms with Gasteiger partial charge in [0.15, 0.2) is 5.17 Å². The summed E-state index contributed by atoms with van der Waals surface area (Å²) in [6.07, 6.45) is 1.78. The van der Waals surface area contributed by atoms with Crippen molar-refractivity contribution in [2.75, 3.05) is 27.4 Å². The van der Waals surface area contributed by atoms with E-state index in [4.69, 9.17) is 14.2 Å². The van der Waals surface area contributed by atoms with E-state index in [1.807, 2.05) is 13.0 Å². The van der Waals surface area contributed by atoms with Gasteiger partial charge in [0.25, 0.3) is 5.91 Å². The fourth-order valence-electron chi connectivity index (χ4n) is 2.96. The number of benzene rings is 2. The van der Waals surface area contributed by atoms with Gasteiger partial charge >= 0.3 is 5.97 Å². The molecule has 31 heavy (non-hydrogen) atoms. The molecule has 2 aromatic rings. The van der Waals surface area contributed by atoms with Crippen LogP contribution >= 0.6 is 11.8 Å². The number of carbonyl (C=O) groups is 2. The number of hydrogen-bond acceptors (Lipinski definition) is 7. The zero-order chi connectivity index (χ0) is 22.4. The van der Waals surface area contributed by atoms with Crippen molar-refractivity contribution in [3.05, 3.63) is 58.5 Å². The van der Waals surface area contributed by atoms with Gasteiger partial charge in [-0.15, -0.1) is 0 Å². The first-order chi connectivity index (χ1) is 15.0. The lowest BCUT2D eigenvalue weighted by atomic mass is 10.1. The predicted molar refractivity (Wildman–Crippen MR) is 122 cm³/mol. The number of amides is 1. The van der Waals surface area contributed by atoms with E-state index < -0.39 is 0 Å². The summed E-state index contributed by atoms with van der Waals surface area (Å²) >= 11 is 1.29. The van der Waals surface area contributed by atoms with Crippen molar-refractivity contribution in [1.82, 2.24) is 4.90 Å². The number of rotatable bonds is 7. The zero-order valence-corrected chi connectivity index (χ0v) is 18.7. The summed E-state index contributed by atoms with van der Waals surface area (Å²) in [5.41, 5.74) is 1.84. The van der Waals surface area contributed by atoms with E-state index in [0.717, 1.165) is 5.56 Å². The summed E-state index contributed by atoms with van der Waals surface area (Å²) in [6, 6.07) is 12.2. The van der Waals surface area contributed by atoms with Crippen LogP contribution in [0.1, 0.15) is 29.8 Å². The highest BCUT2D eigenvalue weighted by atomic mass is 32.2. The molecule has 0 aliphatic carbocycles. The number of amidine groups is 1. The van der Waals surface area contributed by atoms with Crippen LogP contribution in [-0.4, -0.2) is 49.3 Å². The van der Waals surface area contributed by atoms with Gasteiger partial charge in [0.05, 0.1) is 37.0 Å². The molecule has 0 atom stereocenters. The molecule has 1 aliphatic rings. The molecule has 1 saturated heterocycles. The standard InChI is InChI=1S/C23H24N2O5S/c1-5-25-21(26)20(14-16-13-18(28-3)11-12-19(16)29-4)31-23(25)24-17-9-7-15(8-10-17)22(27)30-6-2/h7-14H,5-6H2,1-4H3/b20-14-,24-23?. The number of esters is 1. The van der Waals surface area contributed by atoms with E-state index in [0.29, 0.717) is 46.0 Å². The van der Waals surface area contributed by atoms with Crippen molar-refractivity contribution in [1.29, 1.82) is 0 Å². The minimum atomic E-state index is -0.375. The van der Waals surface area contributed by atoms with E-state index in [9.17, 15) is 9.59 Å². The quantitative estimate of drug-likeness (QED) is 0.466. The van der Waals surface area contributed by atoms with Crippen LogP contribution in [-0.2, 0) is 9.53 Å². The van der Waals surface area contributed by atoms with E-state index >= 15 is 0 Å². The number of thioether (sulfide) groups is 1. The summed E-state index contributed by atoms with van der Waals surface area (Å²) in [4.78, 5) is 31.5. The van der Waals surface area contributed by atoms with Gasteiger partial charge in [-0.3, -0.25) is 9.69 Å². The molecule has 1 fully saturated rings. The number of likely N-dealkylation sites (N-methyl/N-ethyl adjacent to an activating group) is 1. The first-order valence-corrected chi connectivity index (χ1v) is 10.6. The lowest BCUT2D eigenvalue weighted by molar-refractivity contribution is -0.122. The van der Waals surface area contributed by atoms with Crippen LogP contribution in [0.2, 0.25) is 0 Å². The van der Waals surface area contributed by atoms with Crippen LogP contribution in [0.5, 0.6) is 11.5 Å². The lowest BCUT2D eigenvalue weighted by Gasteiger charge is -2.12. The average Bonchev–Trinajstić information content (AvgIpc) is 3.08. The Balaban J connectivity index is 1.90. The molecular weight excluding hydrogens is 416 g/mol. The van der Waals surface area contributed by atoms with Gasteiger partial charge in [0, 0.05) is 12.1 Å². The Kier molecular flexibility index (Phi) is 7.36. The zero-order valence-electron chi connectivity index (χ0n) is 17.9. The Morgan fingerprint density at radius 3 is 2.45 bits per heavy atom. The Bertz CT molecular complexity index is 1030. The normalized spacial score (nSPS) is 16.1. The Morgan fingerprint density at radius 1 is 1.10 bits per heavy atom. The van der Waals surface area contributed by atoms with Crippen molar-refractivity contribution in [3.63, 3.8) is 0 Å². The maximum absolute atomic E-state index is 12.9. The van der Waals surface area contributed by atoms with Crippen molar-refractivity contribution >= 4 is 40.6 Å². The molecule has 0 saturated carbocycles. The third-order valence-electron chi connectivity index (χ3n) is 4.53. The molecule has 162 valence electrons. The number of methoxy groups -OCH3 is 2. The second kappa shape index (κ2) is 10.2. The SMILES string of the molecule is CCOC(=O)c1ccc(N=C2S/C(=C\c3cc(OC)ccc3OC)C(=O)N2CC)cc1. The molecule has 7 nitrogen and oxygen atoms in total. The molecule has 0 bridgehead atoms. The van der Waals surface area contributed by atoms with E-state index in [1.54, 1.807) is 68.5 Å². The smallest absolute Gasteiger partial charge is 0.338 e. The van der Waals surface area contributed by atoms with Crippen LogP contribution in [0, 0.1) is 0 Å². The molecule has 0 spiro atoms. The number of hydrogen-bond donors (Lipinski definition) is 0. The van der Waals surface area contributed by atoms with Crippen LogP contribution in [0.15, 0.2) is 52.4 Å². The van der Waals surface area contributed by atoms with Crippen LogP contribution in [0.4, 0.5) is 5.69 Å². The van der Waals surface area contributed by atoms with Gasteiger partial charge < -0.3 is 14.2 Å². The summed E-state index contributed by atoms with van der Waals surface area (Å²) in [5, 5.41) is 0.574. The third-order valence-corrected chi connectivity index (χ3v) is 5.54. The van der Waals surface area contributed by atoms with Gasteiger partial charge in [-0.05, 0) is 74.1 Å². The largest absolute Gasteiger partial charge is 0.497 e.